The van der Waals surface area contributed by atoms with Crippen LogP contribution in [0.5, 0.6) is 0 Å². The third kappa shape index (κ3) is 3.19. The van der Waals surface area contributed by atoms with Crippen LogP contribution >= 0.6 is 0 Å². The summed E-state index contributed by atoms with van der Waals surface area (Å²) in [5.74, 6) is 0. The maximum Gasteiger partial charge on any atom is 0.297 e. The summed E-state index contributed by atoms with van der Waals surface area (Å²) >= 11 is 0. The van der Waals surface area contributed by atoms with Crippen molar-refractivity contribution in [1.82, 2.24) is 0 Å². The van der Waals surface area contributed by atoms with Gasteiger partial charge in [-0.25, -0.2) is 0 Å². The smallest absolute Gasteiger partial charge is 0.297 e. The fraction of sp³-hybridized carbons (Fsp3) is 0.385. The first-order valence-corrected chi connectivity index (χ1v) is 7.26. The van der Waals surface area contributed by atoms with Crippen molar-refractivity contribution in [3.63, 3.8) is 0 Å². The van der Waals surface area contributed by atoms with Crippen molar-refractivity contribution in [3.8, 4) is 0 Å². The average Bonchev–Trinajstić information content (AvgIpc) is 2.39. The molecular formula is C13H16O4S. The Kier molecular flexibility index (Phi) is 4.16. The summed E-state index contributed by atoms with van der Waals surface area (Å²) in [7, 11) is -3.67. The van der Waals surface area contributed by atoms with Gasteiger partial charge in [-0.1, -0.05) is 24.8 Å². The van der Waals surface area contributed by atoms with Crippen LogP contribution in [0, 0.1) is 0 Å². The first-order chi connectivity index (χ1) is 8.62. The van der Waals surface area contributed by atoms with Crippen LogP contribution in [0.15, 0.2) is 35.7 Å². The molecule has 0 unspecified atom stereocenters. The first kappa shape index (κ1) is 13.3. The van der Waals surface area contributed by atoms with Crippen LogP contribution in [0.3, 0.4) is 0 Å². The summed E-state index contributed by atoms with van der Waals surface area (Å²) in [5, 5.41) is 0. The van der Waals surface area contributed by atoms with E-state index in [4.69, 9.17) is 8.92 Å². The molecule has 1 aromatic carbocycles. The van der Waals surface area contributed by atoms with Gasteiger partial charge in [0.25, 0.3) is 10.1 Å². The monoisotopic (exact) mass is 268 g/mol. The quantitative estimate of drug-likeness (QED) is 0.786. The zero-order valence-corrected chi connectivity index (χ0v) is 10.9. The molecule has 1 saturated heterocycles. The van der Waals surface area contributed by atoms with E-state index in [1.54, 1.807) is 18.2 Å². The fourth-order valence-corrected chi connectivity index (χ4v) is 2.91. The van der Waals surface area contributed by atoms with E-state index in [0.717, 1.165) is 5.56 Å². The van der Waals surface area contributed by atoms with Crippen molar-refractivity contribution in [3.05, 3.63) is 36.4 Å². The molecule has 0 N–H and O–H groups in total. The second-order valence-corrected chi connectivity index (χ2v) is 5.71. The van der Waals surface area contributed by atoms with E-state index >= 15 is 0 Å². The van der Waals surface area contributed by atoms with Crippen molar-refractivity contribution in [2.45, 2.75) is 23.8 Å². The van der Waals surface area contributed by atoms with Gasteiger partial charge in [0.2, 0.25) is 0 Å². The third-order valence-electron chi connectivity index (χ3n) is 2.84. The zero-order chi connectivity index (χ0) is 13.0. The highest BCUT2D eigenvalue weighted by atomic mass is 32.2. The molecule has 0 aromatic heterocycles. The molecule has 1 aromatic rings. The minimum Gasteiger partial charge on any atom is -0.381 e. The van der Waals surface area contributed by atoms with E-state index in [2.05, 4.69) is 6.58 Å². The predicted molar refractivity (Wildman–Crippen MR) is 68.6 cm³/mol. The molecule has 0 atom stereocenters. The lowest BCUT2D eigenvalue weighted by Gasteiger charge is -2.21. The standard InChI is InChI=1S/C13H16O4S/c1-2-11-3-5-13(6-4-11)18(14,15)17-12-7-9-16-10-8-12/h2-6,12H,1,7-10H2. The Morgan fingerprint density at radius 3 is 2.39 bits per heavy atom. The van der Waals surface area contributed by atoms with E-state index in [0.29, 0.717) is 26.1 Å². The van der Waals surface area contributed by atoms with Crippen LogP contribution in [-0.4, -0.2) is 27.7 Å². The molecule has 0 bridgehead atoms. The predicted octanol–water partition coefficient (Wildman–Crippen LogP) is 2.21. The van der Waals surface area contributed by atoms with Crippen molar-refractivity contribution in [2.75, 3.05) is 13.2 Å². The molecule has 1 heterocycles. The maximum atomic E-state index is 12.0. The normalized spacial score (nSPS) is 17.6. The van der Waals surface area contributed by atoms with Gasteiger partial charge in [0, 0.05) is 13.2 Å². The lowest BCUT2D eigenvalue weighted by atomic mass is 10.2. The Bertz CT molecular complexity index is 498. The minimum atomic E-state index is -3.67. The molecule has 0 amide bonds. The molecule has 1 fully saturated rings. The van der Waals surface area contributed by atoms with Gasteiger partial charge >= 0.3 is 0 Å². The fourth-order valence-electron chi connectivity index (χ4n) is 1.78. The summed E-state index contributed by atoms with van der Waals surface area (Å²) < 4.78 is 34.4. The first-order valence-electron chi connectivity index (χ1n) is 5.85. The third-order valence-corrected chi connectivity index (χ3v) is 4.21. The number of hydrogen-bond donors (Lipinski definition) is 0. The lowest BCUT2D eigenvalue weighted by Crippen LogP contribution is -2.26. The number of benzene rings is 1. The van der Waals surface area contributed by atoms with E-state index in [1.165, 1.54) is 12.1 Å². The van der Waals surface area contributed by atoms with Gasteiger partial charge in [-0.05, 0) is 30.5 Å². The summed E-state index contributed by atoms with van der Waals surface area (Å²) in [6.07, 6.45) is 2.62. The molecule has 2 rings (SSSR count). The van der Waals surface area contributed by atoms with Crippen LogP contribution < -0.4 is 0 Å². The molecule has 1 aliphatic heterocycles. The van der Waals surface area contributed by atoms with Crippen LogP contribution in [0.1, 0.15) is 18.4 Å². The Hall–Kier alpha value is -1.17. The van der Waals surface area contributed by atoms with Gasteiger partial charge in [-0.3, -0.25) is 4.18 Å². The second-order valence-electron chi connectivity index (χ2n) is 4.14. The highest BCUT2D eigenvalue weighted by Crippen LogP contribution is 2.20. The molecular weight excluding hydrogens is 252 g/mol. The Morgan fingerprint density at radius 2 is 1.83 bits per heavy atom. The van der Waals surface area contributed by atoms with Gasteiger partial charge in [-0.15, -0.1) is 0 Å². The maximum absolute atomic E-state index is 12.0. The molecule has 0 spiro atoms. The number of rotatable bonds is 4. The van der Waals surface area contributed by atoms with E-state index in [-0.39, 0.29) is 11.0 Å². The number of ether oxygens (including phenoxy) is 1. The molecule has 5 heteroatoms. The van der Waals surface area contributed by atoms with E-state index in [9.17, 15) is 8.42 Å². The SMILES string of the molecule is C=Cc1ccc(S(=O)(=O)OC2CCOCC2)cc1. The summed E-state index contributed by atoms with van der Waals surface area (Å²) in [4.78, 5) is 0.180. The van der Waals surface area contributed by atoms with Crippen LogP contribution in [0.4, 0.5) is 0 Å². The molecule has 0 aliphatic carbocycles. The second kappa shape index (κ2) is 5.65. The molecule has 98 valence electrons. The Labute approximate surface area is 107 Å². The molecule has 4 nitrogen and oxygen atoms in total. The van der Waals surface area contributed by atoms with Gasteiger partial charge in [-0.2, -0.15) is 8.42 Å². The topological polar surface area (TPSA) is 52.6 Å². The van der Waals surface area contributed by atoms with Crippen molar-refractivity contribution < 1.29 is 17.3 Å². The van der Waals surface area contributed by atoms with Gasteiger partial charge in [0.15, 0.2) is 0 Å². The van der Waals surface area contributed by atoms with E-state index in [1.807, 2.05) is 0 Å². The summed E-state index contributed by atoms with van der Waals surface area (Å²) in [5.41, 5.74) is 0.875. The van der Waals surface area contributed by atoms with Crippen LogP contribution in [0.25, 0.3) is 6.08 Å². The summed E-state index contributed by atoms with van der Waals surface area (Å²) in [6, 6.07) is 6.47. The van der Waals surface area contributed by atoms with Gasteiger partial charge < -0.3 is 4.74 Å². The molecule has 0 radical (unpaired) electrons. The van der Waals surface area contributed by atoms with Gasteiger partial charge in [0.05, 0.1) is 11.0 Å². The van der Waals surface area contributed by atoms with Crippen LogP contribution in [-0.2, 0) is 19.0 Å². The highest BCUT2D eigenvalue weighted by Gasteiger charge is 2.23. The van der Waals surface area contributed by atoms with Crippen molar-refractivity contribution >= 4 is 16.2 Å². The zero-order valence-electron chi connectivity index (χ0n) is 10.0. The van der Waals surface area contributed by atoms with E-state index < -0.39 is 10.1 Å². The Balaban J connectivity index is 2.11. The van der Waals surface area contributed by atoms with Crippen LogP contribution in [0.2, 0.25) is 0 Å². The number of hydrogen-bond acceptors (Lipinski definition) is 4. The molecule has 0 saturated carbocycles. The lowest BCUT2D eigenvalue weighted by molar-refractivity contribution is 0.0284. The average molecular weight is 268 g/mol. The van der Waals surface area contributed by atoms with Crippen molar-refractivity contribution in [1.29, 1.82) is 0 Å². The van der Waals surface area contributed by atoms with Gasteiger partial charge in [0.1, 0.15) is 0 Å². The summed E-state index contributed by atoms with van der Waals surface area (Å²) in [6.45, 7) is 4.72. The molecule has 18 heavy (non-hydrogen) atoms. The largest absolute Gasteiger partial charge is 0.381 e. The molecule has 1 aliphatic rings. The van der Waals surface area contributed by atoms with Crippen molar-refractivity contribution in [2.24, 2.45) is 0 Å². The minimum absolute atomic E-state index is 0.180. The Morgan fingerprint density at radius 1 is 1.22 bits per heavy atom. The highest BCUT2D eigenvalue weighted by molar-refractivity contribution is 7.86.